The molecule has 6 aromatic rings. The molecule has 1 N–H and O–H groups in total. The number of aromatic amines is 1. The van der Waals surface area contributed by atoms with E-state index in [4.69, 9.17) is 9.97 Å². The molecule has 6 rings (SSSR count). The highest BCUT2D eigenvalue weighted by Gasteiger charge is 2.25. The third-order valence-corrected chi connectivity index (χ3v) is 6.97. The van der Waals surface area contributed by atoms with E-state index >= 15 is 0 Å². The van der Waals surface area contributed by atoms with Gasteiger partial charge in [0.2, 0.25) is 11.9 Å². The second-order valence-electron chi connectivity index (χ2n) is 8.06. The molecule has 0 saturated heterocycles. The molecule has 4 aromatic carbocycles. The standard InChI is InChI=1S/C27H19BrIN5/c1-17-13-14-19(29)16-25(17)34-24-12-5-4-11-23(24)32-27(34)33(20-8-6-7-18(28)15-20)26-30-21-9-2-3-10-22(21)31-26/h2-16H,1H3,(H,30,31). The maximum Gasteiger partial charge on any atom is 0.222 e. The molecular formula is C27H19BrIN5. The van der Waals surface area contributed by atoms with Crippen molar-refractivity contribution in [3.05, 3.63) is 105 Å². The van der Waals surface area contributed by atoms with Crippen molar-refractivity contribution in [2.45, 2.75) is 6.92 Å². The van der Waals surface area contributed by atoms with Crippen molar-refractivity contribution in [2.75, 3.05) is 4.90 Å². The number of nitrogens with zero attached hydrogens (tertiary/aromatic N) is 4. The molecule has 0 radical (unpaired) electrons. The van der Waals surface area contributed by atoms with Crippen LogP contribution < -0.4 is 4.90 Å². The first-order valence-electron chi connectivity index (χ1n) is 10.8. The lowest BCUT2D eigenvalue weighted by Gasteiger charge is -2.23. The molecule has 7 heteroatoms. The molecule has 2 aromatic heterocycles. The maximum atomic E-state index is 5.12. The molecule has 0 saturated carbocycles. The average Bonchev–Trinajstić information content (AvgIpc) is 3.42. The van der Waals surface area contributed by atoms with Gasteiger partial charge in [-0.1, -0.05) is 52.3 Å². The Morgan fingerprint density at radius 1 is 0.853 bits per heavy atom. The lowest BCUT2D eigenvalue weighted by Crippen LogP contribution is -2.17. The molecule has 0 bridgehead atoms. The van der Waals surface area contributed by atoms with Gasteiger partial charge in [0.1, 0.15) is 0 Å². The number of halogens is 2. The first kappa shape index (κ1) is 21.4. The first-order chi connectivity index (χ1) is 16.6. The third kappa shape index (κ3) is 3.69. The highest BCUT2D eigenvalue weighted by Crippen LogP contribution is 2.38. The van der Waals surface area contributed by atoms with Crippen molar-refractivity contribution in [3.8, 4) is 5.69 Å². The Morgan fingerprint density at radius 2 is 1.65 bits per heavy atom. The molecule has 0 aliphatic carbocycles. The number of para-hydroxylation sites is 4. The number of hydrogen-bond acceptors (Lipinski definition) is 3. The van der Waals surface area contributed by atoms with Gasteiger partial charge in [0, 0.05) is 8.04 Å². The van der Waals surface area contributed by atoms with Gasteiger partial charge in [-0.2, -0.15) is 0 Å². The Balaban J connectivity index is 1.70. The van der Waals surface area contributed by atoms with Crippen LogP contribution in [0.3, 0.4) is 0 Å². The number of anilines is 3. The van der Waals surface area contributed by atoms with E-state index in [1.807, 2.05) is 42.5 Å². The van der Waals surface area contributed by atoms with E-state index < -0.39 is 0 Å². The largest absolute Gasteiger partial charge is 0.323 e. The summed E-state index contributed by atoms with van der Waals surface area (Å²) < 4.78 is 4.37. The van der Waals surface area contributed by atoms with E-state index in [2.05, 4.69) is 108 Å². The maximum absolute atomic E-state index is 5.12. The zero-order chi connectivity index (χ0) is 23.2. The summed E-state index contributed by atoms with van der Waals surface area (Å²) >= 11 is 6.01. The van der Waals surface area contributed by atoms with E-state index in [1.54, 1.807) is 0 Å². The Hall–Kier alpha value is -3.17. The minimum absolute atomic E-state index is 0.708. The van der Waals surface area contributed by atoms with Crippen LogP contribution >= 0.6 is 38.5 Å². The molecular weight excluding hydrogens is 601 g/mol. The quantitative estimate of drug-likeness (QED) is 0.203. The van der Waals surface area contributed by atoms with Crippen molar-refractivity contribution in [1.82, 2.24) is 19.5 Å². The van der Waals surface area contributed by atoms with Crippen molar-refractivity contribution in [1.29, 1.82) is 0 Å². The average molecular weight is 620 g/mol. The molecule has 0 aliphatic heterocycles. The molecule has 0 aliphatic rings. The van der Waals surface area contributed by atoms with E-state index in [9.17, 15) is 0 Å². The first-order valence-corrected chi connectivity index (χ1v) is 12.7. The molecule has 0 fully saturated rings. The van der Waals surface area contributed by atoms with Crippen molar-refractivity contribution >= 4 is 78.2 Å². The molecule has 34 heavy (non-hydrogen) atoms. The van der Waals surface area contributed by atoms with E-state index in [1.165, 1.54) is 9.13 Å². The Bertz CT molecular complexity index is 1640. The summed E-state index contributed by atoms with van der Waals surface area (Å²) in [7, 11) is 0. The Kier molecular flexibility index (Phi) is 5.38. The van der Waals surface area contributed by atoms with Crippen LogP contribution in [0, 0.1) is 10.5 Å². The number of nitrogens with one attached hydrogen (secondary N) is 1. The summed E-state index contributed by atoms with van der Waals surface area (Å²) in [4.78, 5) is 15.7. The lowest BCUT2D eigenvalue weighted by atomic mass is 10.2. The van der Waals surface area contributed by atoms with Crippen molar-refractivity contribution < 1.29 is 0 Å². The highest BCUT2D eigenvalue weighted by atomic mass is 127. The van der Waals surface area contributed by atoms with Gasteiger partial charge in [0.25, 0.3) is 0 Å². The van der Waals surface area contributed by atoms with Crippen LogP contribution in [-0.4, -0.2) is 19.5 Å². The Morgan fingerprint density at radius 3 is 2.47 bits per heavy atom. The number of H-pyrrole nitrogens is 1. The van der Waals surface area contributed by atoms with Crippen molar-refractivity contribution in [2.24, 2.45) is 0 Å². The van der Waals surface area contributed by atoms with Gasteiger partial charge in [-0.3, -0.25) is 4.57 Å². The van der Waals surface area contributed by atoms with Crippen LogP contribution in [0.25, 0.3) is 27.8 Å². The number of benzene rings is 4. The molecule has 5 nitrogen and oxygen atoms in total. The zero-order valence-electron chi connectivity index (χ0n) is 18.2. The lowest BCUT2D eigenvalue weighted by molar-refractivity contribution is 0.998. The van der Waals surface area contributed by atoms with Crippen LogP contribution in [0.4, 0.5) is 17.6 Å². The fourth-order valence-corrected chi connectivity index (χ4v) is 5.08. The summed E-state index contributed by atoms with van der Waals surface area (Å²) in [6.07, 6.45) is 0. The van der Waals surface area contributed by atoms with Gasteiger partial charge < -0.3 is 4.98 Å². The molecule has 0 spiro atoms. The number of hydrogen-bond donors (Lipinski definition) is 1. The number of imidazole rings is 2. The van der Waals surface area contributed by atoms with Crippen LogP contribution in [-0.2, 0) is 0 Å². The molecule has 0 unspecified atom stereocenters. The van der Waals surface area contributed by atoms with Crippen LogP contribution in [0.1, 0.15) is 5.56 Å². The zero-order valence-corrected chi connectivity index (χ0v) is 21.9. The fraction of sp³-hybridized carbons (Fsp3) is 0.0370. The topological polar surface area (TPSA) is 49.7 Å². The number of aromatic nitrogens is 4. The van der Waals surface area contributed by atoms with Crippen LogP contribution in [0.5, 0.6) is 0 Å². The van der Waals surface area contributed by atoms with Gasteiger partial charge in [0.15, 0.2) is 0 Å². The smallest absolute Gasteiger partial charge is 0.222 e. The van der Waals surface area contributed by atoms with Gasteiger partial charge in [-0.05, 0) is 89.7 Å². The summed E-state index contributed by atoms with van der Waals surface area (Å²) in [5, 5.41) is 0. The van der Waals surface area contributed by atoms with Gasteiger partial charge >= 0.3 is 0 Å². The predicted molar refractivity (Wildman–Crippen MR) is 151 cm³/mol. The number of rotatable bonds is 4. The normalized spacial score (nSPS) is 11.4. The highest BCUT2D eigenvalue weighted by molar-refractivity contribution is 14.1. The number of fused-ring (bicyclic) bond motifs is 2. The fourth-order valence-electron chi connectivity index (χ4n) is 4.22. The molecule has 2 heterocycles. The molecule has 166 valence electrons. The summed E-state index contributed by atoms with van der Waals surface area (Å²) in [6.45, 7) is 2.13. The predicted octanol–water partition coefficient (Wildman–Crippen LogP) is 8.05. The van der Waals surface area contributed by atoms with Crippen LogP contribution in [0.15, 0.2) is 95.5 Å². The number of aryl methyl sites for hydroxylation is 1. The van der Waals surface area contributed by atoms with Gasteiger partial charge in [0.05, 0.1) is 33.4 Å². The van der Waals surface area contributed by atoms with E-state index in [0.717, 1.165) is 43.9 Å². The van der Waals surface area contributed by atoms with Gasteiger partial charge in [-0.25, -0.2) is 14.9 Å². The minimum Gasteiger partial charge on any atom is -0.323 e. The SMILES string of the molecule is Cc1ccc(I)cc1-n1c(N(c2cccc(Br)c2)c2nc3ccccc3[nH]2)nc2ccccc21. The van der Waals surface area contributed by atoms with Crippen LogP contribution in [0.2, 0.25) is 0 Å². The monoisotopic (exact) mass is 619 g/mol. The third-order valence-electron chi connectivity index (χ3n) is 5.81. The summed E-state index contributed by atoms with van der Waals surface area (Å²) in [6, 6.07) is 31.0. The Labute approximate surface area is 218 Å². The molecule has 0 amide bonds. The second-order valence-corrected chi connectivity index (χ2v) is 10.2. The second kappa shape index (κ2) is 8.56. The van der Waals surface area contributed by atoms with Gasteiger partial charge in [-0.15, -0.1) is 0 Å². The van der Waals surface area contributed by atoms with Crippen molar-refractivity contribution in [3.63, 3.8) is 0 Å². The summed E-state index contributed by atoms with van der Waals surface area (Å²) in [5.74, 6) is 1.47. The molecule has 0 atom stereocenters. The van der Waals surface area contributed by atoms with E-state index in [-0.39, 0.29) is 0 Å². The van der Waals surface area contributed by atoms with E-state index in [0.29, 0.717) is 5.95 Å². The minimum atomic E-state index is 0.708. The summed E-state index contributed by atoms with van der Waals surface area (Å²) in [5.41, 5.74) is 7.06.